The van der Waals surface area contributed by atoms with E-state index in [9.17, 15) is 14.3 Å². The highest BCUT2D eigenvalue weighted by Crippen LogP contribution is 2.29. The number of carboxylic acid groups (broad SMARTS) is 1. The van der Waals surface area contributed by atoms with E-state index < -0.39 is 23.3 Å². The number of aliphatic hydroxyl groups is 1. The fourth-order valence-corrected chi connectivity index (χ4v) is 2.22. The standard InChI is InChI=1S/C18H19FO3/c1-11(17(20)21)12-4-6-13(7-5-12)15-9-8-14(10-16(15)19)18(2,3)22/h4-11,22H,1-3H3,(H,20,21). The smallest absolute Gasteiger partial charge is 0.310 e. The summed E-state index contributed by atoms with van der Waals surface area (Å²) in [7, 11) is 0. The first kappa shape index (κ1) is 16.2. The summed E-state index contributed by atoms with van der Waals surface area (Å²) in [5.41, 5.74) is 1.17. The molecule has 0 amide bonds. The van der Waals surface area contributed by atoms with Gasteiger partial charge in [0.1, 0.15) is 5.82 Å². The molecule has 2 aromatic carbocycles. The lowest BCUT2D eigenvalue weighted by Gasteiger charge is -2.18. The van der Waals surface area contributed by atoms with E-state index in [0.717, 1.165) is 0 Å². The summed E-state index contributed by atoms with van der Waals surface area (Å²) in [6.45, 7) is 4.81. The molecule has 1 unspecified atom stereocenters. The number of halogens is 1. The summed E-state index contributed by atoms with van der Waals surface area (Å²) >= 11 is 0. The Kier molecular flexibility index (Phi) is 4.33. The van der Waals surface area contributed by atoms with Crippen molar-refractivity contribution in [2.75, 3.05) is 0 Å². The zero-order chi connectivity index (χ0) is 16.5. The van der Waals surface area contributed by atoms with Crippen LogP contribution in [-0.4, -0.2) is 16.2 Å². The van der Waals surface area contributed by atoms with Crippen LogP contribution in [0, 0.1) is 5.82 Å². The van der Waals surface area contributed by atoms with Gasteiger partial charge in [-0.3, -0.25) is 4.79 Å². The second-order valence-electron chi connectivity index (χ2n) is 5.94. The molecule has 0 aromatic heterocycles. The molecule has 0 aliphatic carbocycles. The maximum Gasteiger partial charge on any atom is 0.310 e. The van der Waals surface area contributed by atoms with E-state index in [0.29, 0.717) is 22.3 Å². The highest BCUT2D eigenvalue weighted by atomic mass is 19.1. The van der Waals surface area contributed by atoms with E-state index in [1.54, 1.807) is 57.2 Å². The number of carboxylic acids is 1. The zero-order valence-electron chi connectivity index (χ0n) is 12.8. The molecular weight excluding hydrogens is 283 g/mol. The van der Waals surface area contributed by atoms with Crippen molar-refractivity contribution in [2.24, 2.45) is 0 Å². The van der Waals surface area contributed by atoms with Gasteiger partial charge in [0, 0.05) is 5.56 Å². The van der Waals surface area contributed by atoms with Gasteiger partial charge >= 0.3 is 5.97 Å². The number of benzene rings is 2. The lowest BCUT2D eigenvalue weighted by molar-refractivity contribution is -0.138. The lowest BCUT2D eigenvalue weighted by Crippen LogP contribution is -2.15. The fourth-order valence-electron chi connectivity index (χ4n) is 2.22. The van der Waals surface area contributed by atoms with Crippen LogP contribution in [0.15, 0.2) is 42.5 Å². The van der Waals surface area contributed by atoms with Crippen LogP contribution in [0.5, 0.6) is 0 Å². The molecule has 0 saturated carbocycles. The summed E-state index contributed by atoms with van der Waals surface area (Å²) < 4.78 is 14.2. The number of rotatable bonds is 4. The summed E-state index contributed by atoms with van der Waals surface area (Å²) in [4.78, 5) is 11.0. The van der Waals surface area contributed by atoms with Gasteiger partial charge in [0.2, 0.25) is 0 Å². The highest BCUT2D eigenvalue weighted by Gasteiger charge is 2.18. The molecule has 2 aromatic rings. The van der Waals surface area contributed by atoms with E-state index in [1.165, 1.54) is 6.07 Å². The first-order valence-electron chi connectivity index (χ1n) is 7.05. The quantitative estimate of drug-likeness (QED) is 0.900. The van der Waals surface area contributed by atoms with Crippen molar-refractivity contribution >= 4 is 5.97 Å². The minimum Gasteiger partial charge on any atom is -0.481 e. The summed E-state index contributed by atoms with van der Waals surface area (Å²) in [5, 5.41) is 18.9. The third-order valence-corrected chi connectivity index (χ3v) is 3.77. The number of hydrogen-bond acceptors (Lipinski definition) is 2. The Balaban J connectivity index is 2.35. The molecule has 0 saturated heterocycles. The van der Waals surface area contributed by atoms with Crippen LogP contribution in [0.25, 0.3) is 11.1 Å². The monoisotopic (exact) mass is 302 g/mol. The van der Waals surface area contributed by atoms with Crippen molar-refractivity contribution < 1.29 is 19.4 Å². The summed E-state index contributed by atoms with van der Waals surface area (Å²) in [5.74, 6) is -1.91. The highest BCUT2D eigenvalue weighted by molar-refractivity contribution is 5.76. The molecule has 22 heavy (non-hydrogen) atoms. The predicted octanol–water partition coefficient (Wildman–Crippen LogP) is 3.91. The van der Waals surface area contributed by atoms with E-state index >= 15 is 0 Å². The Morgan fingerprint density at radius 3 is 2.18 bits per heavy atom. The van der Waals surface area contributed by atoms with Gasteiger partial charge in [-0.05, 0) is 43.5 Å². The van der Waals surface area contributed by atoms with E-state index in [1.807, 2.05) is 0 Å². The Morgan fingerprint density at radius 2 is 1.73 bits per heavy atom. The van der Waals surface area contributed by atoms with Crippen LogP contribution < -0.4 is 0 Å². The fraction of sp³-hybridized carbons (Fsp3) is 0.278. The summed E-state index contributed by atoms with van der Waals surface area (Å²) in [6, 6.07) is 11.4. The first-order valence-corrected chi connectivity index (χ1v) is 7.05. The normalized spacial score (nSPS) is 13.0. The van der Waals surface area contributed by atoms with Crippen molar-refractivity contribution in [1.29, 1.82) is 0 Å². The molecule has 4 heteroatoms. The van der Waals surface area contributed by atoms with Crippen molar-refractivity contribution in [1.82, 2.24) is 0 Å². The van der Waals surface area contributed by atoms with Crippen LogP contribution in [0.3, 0.4) is 0 Å². The second kappa shape index (κ2) is 5.89. The van der Waals surface area contributed by atoms with Crippen LogP contribution >= 0.6 is 0 Å². The minimum atomic E-state index is -1.10. The molecule has 116 valence electrons. The van der Waals surface area contributed by atoms with Gasteiger partial charge in [-0.25, -0.2) is 4.39 Å². The molecule has 0 bridgehead atoms. The van der Waals surface area contributed by atoms with E-state index in [4.69, 9.17) is 5.11 Å². The minimum absolute atomic E-state index is 0.418. The number of carbonyl (C=O) groups is 1. The van der Waals surface area contributed by atoms with Gasteiger partial charge in [0.15, 0.2) is 0 Å². The van der Waals surface area contributed by atoms with Gasteiger partial charge < -0.3 is 10.2 Å². The molecule has 2 N–H and O–H groups in total. The Morgan fingerprint density at radius 1 is 1.14 bits per heavy atom. The largest absolute Gasteiger partial charge is 0.481 e. The molecule has 1 atom stereocenters. The van der Waals surface area contributed by atoms with Crippen LogP contribution in [0.4, 0.5) is 4.39 Å². The van der Waals surface area contributed by atoms with Crippen molar-refractivity contribution in [2.45, 2.75) is 32.3 Å². The predicted molar refractivity (Wildman–Crippen MR) is 83.1 cm³/mol. The van der Waals surface area contributed by atoms with Crippen LogP contribution in [0.2, 0.25) is 0 Å². The van der Waals surface area contributed by atoms with E-state index in [2.05, 4.69) is 0 Å². The molecule has 0 spiro atoms. The molecule has 0 aliphatic heterocycles. The first-order chi connectivity index (χ1) is 10.2. The molecule has 3 nitrogen and oxygen atoms in total. The van der Waals surface area contributed by atoms with Gasteiger partial charge in [0.25, 0.3) is 0 Å². The molecule has 0 radical (unpaired) electrons. The van der Waals surface area contributed by atoms with Gasteiger partial charge in [-0.1, -0.05) is 36.4 Å². The Bertz CT molecular complexity index is 684. The second-order valence-corrected chi connectivity index (χ2v) is 5.94. The topological polar surface area (TPSA) is 57.5 Å². The lowest BCUT2D eigenvalue weighted by atomic mass is 9.93. The number of aliphatic carboxylic acids is 1. The third-order valence-electron chi connectivity index (χ3n) is 3.77. The Labute approximate surface area is 129 Å². The van der Waals surface area contributed by atoms with Crippen molar-refractivity contribution in [3.8, 4) is 11.1 Å². The molecule has 0 fully saturated rings. The average molecular weight is 302 g/mol. The Hall–Kier alpha value is -2.20. The third kappa shape index (κ3) is 3.34. The SMILES string of the molecule is CC(C(=O)O)c1ccc(-c2ccc(C(C)(C)O)cc2F)cc1. The molecule has 0 aliphatic rings. The van der Waals surface area contributed by atoms with Crippen molar-refractivity contribution in [3.05, 3.63) is 59.4 Å². The molecule has 0 heterocycles. The van der Waals surface area contributed by atoms with Crippen LogP contribution in [0.1, 0.15) is 37.8 Å². The maximum absolute atomic E-state index is 14.2. The number of hydrogen-bond donors (Lipinski definition) is 2. The van der Waals surface area contributed by atoms with Gasteiger partial charge in [0.05, 0.1) is 11.5 Å². The van der Waals surface area contributed by atoms with Crippen molar-refractivity contribution in [3.63, 3.8) is 0 Å². The molecular formula is C18H19FO3. The van der Waals surface area contributed by atoms with Crippen LogP contribution in [-0.2, 0) is 10.4 Å². The maximum atomic E-state index is 14.2. The zero-order valence-corrected chi connectivity index (χ0v) is 12.8. The van der Waals surface area contributed by atoms with Gasteiger partial charge in [-0.15, -0.1) is 0 Å². The molecule has 2 rings (SSSR count). The average Bonchev–Trinajstić information content (AvgIpc) is 2.45. The van der Waals surface area contributed by atoms with Gasteiger partial charge in [-0.2, -0.15) is 0 Å². The summed E-state index contributed by atoms with van der Waals surface area (Å²) in [6.07, 6.45) is 0. The van der Waals surface area contributed by atoms with E-state index in [-0.39, 0.29) is 0 Å².